The van der Waals surface area contributed by atoms with Gasteiger partial charge < -0.3 is 10.5 Å². The highest BCUT2D eigenvalue weighted by Gasteiger charge is 2.12. The lowest BCUT2D eigenvalue weighted by atomic mass is 10.1. The average Bonchev–Trinajstić information content (AvgIpc) is 3.10. The van der Waals surface area contributed by atoms with Gasteiger partial charge in [-0.15, -0.1) is 11.3 Å². The minimum Gasteiger partial charge on any atom is -0.398 e. The molecule has 0 atom stereocenters. The summed E-state index contributed by atoms with van der Waals surface area (Å²) in [6.07, 6.45) is 2.07. The molecule has 0 saturated carbocycles. The standard InChI is InChI=1S/C17H22N4OS/c1-3-22-9-8-20(2)10-13-12-23-17-19-16(11-21(13)17)14-6-4-5-7-15(14)18/h4-7,11-12H,3,8-10,18H2,1-2H3. The molecule has 3 rings (SSSR count). The lowest BCUT2D eigenvalue weighted by Gasteiger charge is -2.15. The Morgan fingerprint density at radius 2 is 2.17 bits per heavy atom. The Morgan fingerprint density at radius 3 is 2.96 bits per heavy atom. The monoisotopic (exact) mass is 330 g/mol. The summed E-state index contributed by atoms with van der Waals surface area (Å²) in [5, 5.41) is 2.16. The third-order valence-electron chi connectivity index (χ3n) is 3.77. The molecule has 2 aromatic heterocycles. The Labute approximate surface area is 140 Å². The van der Waals surface area contributed by atoms with Crippen LogP contribution in [0.25, 0.3) is 16.2 Å². The summed E-state index contributed by atoms with van der Waals surface area (Å²) >= 11 is 1.66. The molecular formula is C17H22N4OS. The summed E-state index contributed by atoms with van der Waals surface area (Å²) < 4.78 is 7.57. The zero-order chi connectivity index (χ0) is 16.2. The quantitative estimate of drug-likeness (QED) is 0.534. The van der Waals surface area contributed by atoms with Crippen molar-refractivity contribution in [3.05, 3.63) is 41.5 Å². The van der Waals surface area contributed by atoms with Crippen molar-refractivity contribution >= 4 is 22.0 Å². The van der Waals surface area contributed by atoms with E-state index in [1.54, 1.807) is 11.3 Å². The van der Waals surface area contributed by atoms with Gasteiger partial charge >= 0.3 is 0 Å². The number of aromatic nitrogens is 2. The molecule has 0 unspecified atom stereocenters. The first-order valence-corrected chi connectivity index (χ1v) is 8.63. The van der Waals surface area contributed by atoms with Gasteiger partial charge in [0.15, 0.2) is 4.96 Å². The van der Waals surface area contributed by atoms with Gasteiger partial charge in [0.2, 0.25) is 0 Å². The number of nitrogens with two attached hydrogens (primary N) is 1. The summed E-state index contributed by atoms with van der Waals surface area (Å²) in [6.45, 7) is 5.33. The molecule has 0 fully saturated rings. The first-order chi connectivity index (χ1) is 11.2. The summed E-state index contributed by atoms with van der Waals surface area (Å²) in [6, 6.07) is 7.85. The molecule has 0 aliphatic rings. The largest absolute Gasteiger partial charge is 0.398 e. The Kier molecular flexibility index (Phi) is 4.95. The smallest absolute Gasteiger partial charge is 0.194 e. The van der Waals surface area contributed by atoms with Gasteiger partial charge in [-0.1, -0.05) is 18.2 Å². The number of rotatable bonds is 7. The molecule has 0 spiro atoms. The molecule has 0 amide bonds. The molecule has 0 radical (unpaired) electrons. The number of anilines is 1. The number of hydrogen-bond donors (Lipinski definition) is 1. The SMILES string of the molecule is CCOCCN(C)Cc1csc2nc(-c3ccccc3N)cn12. The molecule has 0 bridgehead atoms. The average molecular weight is 330 g/mol. The second-order valence-corrected chi connectivity index (χ2v) is 6.36. The Bertz CT molecular complexity index is 780. The van der Waals surface area contributed by atoms with E-state index in [1.807, 2.05) is 31.2 Å². The van der Waals surface area contributed by atoms with Gasteiger partial charge in [0, 0.05) is 48.2 Å². The van der Waals surface area contributed by atoms with Crippen LogP contribution in [0.3, 0.4) is 0 Å². The molecule has 2 N–H and O–H groups in total. The number of ether oxygens (including phenoxy) is 1. The maximum atomic E-state index is 6.06. The number of nitrogen functional groups attached to an aromatic ring is 1. The highest BCUT2D eigenvalue weighted by atomic mass is 32.1. The molecule has 0 saturated heterocycles. The molecule has 0 aliphatic carbocycles. The highest BCUT2D eigenvalue weighted by Crippen LogP contribution is 2.27. The van der Waals surface area contributed by atoms with Gasteiger partial charge in [-0.3, -0.25) is 9.30 Å². The Balaban J connectivity index is 1.80. The molecule has 23 heavy (non-hydrogen) atoms. The molecule has 2 heterocycles. The summed E-state index contributed by atoms with van der Waals surface area (Å²) in [4.78, 5) is 7.96. The van der Waals surface area contributed by atoms with Crippen molar-refractivity contribution in [1.29, 1.82) is 0 Å². The predicted octanol–water partition coefficient (Wildman–Crippen LogP) is 3.11. The lowest BCUT2D eigenvalue weighted by Crippen LogP contribution is -2.23. The van der Waals surface area contributed by atoms with Crippen molar-refractivity contribution in [3.63, 3.8) is 0 Å². The van der Waals surface area contributed by atoms with E-state index in [0.717, 1.165) is 48.2 Å². The number of imidazole rings is 1. The number of benzene rings is 1. The van der Waals surface area contributed by atoms with Crippen molar-refractivity contribution in [2.24, 2.45) is 0 Å². The molecule has 3 aromatic rings. The minimum atomic E-state index is 0.758. The van der Waals surface area contributed by atoms with Crippen molar-refractivity contribution in [3.8, 4) is 11.3 Å². The number of likely N-dealkylation sites (N-methyl/N-ethyl adjacent to an activating group) is 1. The van der Waals surface area contributed by atoms with Crippen LogP contribution in [0.1, 0.15) is 12.6 Å². The van der Waals surface area contributed by atoms with E-state index in [0.29, 0.717) is 0 Å². The van der Waals surface area contributed by atoms with E-state index in [1.165, 1.54) is 5.69 Å². The Hall–Kier alpha value is -1.89. The fourth-order valence-corrected chi connectivity index (χ4v) is 3.39. The third kappa shape index (κ3) is 3.55. The number of fused-ring (bicyclic) bond motifs is 1. The second-order valence-electron chi connectivity index (χ2n) is 5.53. The van der Waals surface area contributed by atoms with Crippen LogP contribution in [-0.4, -0.2) is 41.1 Å². The van der Waals surface area contributed by atoms with E-state index in [2.05, 4.69) is 27.9 Å². The lowest BCUT2D eigenvalue weighted by molar-refractivity contribution is 0.120. The van der Waals surface area contributed by atoms with Crippen molar-refractivity contribution in [2.75, 3.05) is 32.5 Å². The maximum Gasteiger partial charge on any atom is 0.194 e. The maximum absolute atomic E-state index is 6.06. The highest BCUT2D eigenvalue weighted by molar-refractivity contribution is 7.15. The van der Waals surface area contributed by atoms with E-state index in [9.17, 15) is 0 Å². The number of nitrogens with zero attached hydrogens (tertiary/aromatic N) is 3. The zero-order valence-corrected chi connectivity index (χ0v) is 14.3. The van der Waals surface area contributed by atoms with Crippen molar-refractivity contribution in [2.45, 2.75) is 13.5 Å². The van der Waals surface area contributed by atoms with E-state index >= 15 is 0 Å². The minimum absolute atomic E-state index is 0.758. The molecule has 6 heteroatoms. The zero-order valence-electron chi connectivity index (χ0n) is 13.5. The fraction of sp³-hybridized carbons (Fsp3) is 0.353. The van der Waals surface area contributed by atoms with Crippen molar-refractivity contribution in [1.82, 2.24) is 14.3 Å². The van der Waals surface area contributed by atoms with Gasteiger partial charge in [0.25, 0.3) is 0 Å². The molecule has 5 nitrogen and oxygen atoms in total. The van der Waals surface area contributed by atoms with Gasteiger partial charge in [-0.25, -0.2) is 4.98 Å². The summed E-state index contributed by atoms with van der Waals surface area (Å²) in [5.41, 5.74) is 9.96. The third-order valence-corrected chi connectivity index (χ3v) is 4.66. The fourth-order valence-electron chi connectivity index (χ4n) is 2.52. The first-order valence-electron chi connectivity index (χ1n) is 7.75. The topological polar surface area (TPSA) is 55.8 Å². The van der Waals surface area contributed by atoms with Crippen LogP contribution in [0.15, 0.2) is 35.8 Å². The van der Waals surface area contributed by atoms with Gasteiger partial charge in [-0.2, -0.15) is 0 Å². The van der Waals surface area contributed by atoms with Crippen LogP contribution in [0, 0.1) is 0 Å². The number of hydrogen-bond acceptors (Lipinski definition) is 5. The van der Waals surface area contributed by atoms with Crippen molar-refractivity contribution < 1.29 is 4.74 Å². The predicted molar refractivity (Wildman–Crippen MR) is 95.7 cm³/mol. The number of para-hydroxylation sites is 1. The van der Waals surface area contributed by atoms with Crippen LogP contribution in [0.5, 0.6) is 0 Å². The van der Waals surface area contributed by atoms with Crippen LogP contribution in [0.2, 0.25) is 0 Å². The van der Waals surface area contributed by atoms with Gasteiger partial charge in [0.1, 0.15) is 0 Å². The van der Waals surface area contributed by atoms with E-state index in [-0.39, 0.29) is 0 Å². The van der Waals surface area contributed by atoms with Crippen LogP contribution < -0.4 is 5.73 Å². The van der Waals surface area contributed by atoms with Crippen LogP contribution in [0.4, 0.5) is 5.69 Å². The van der Waals surface area contributed by atoms with Crippen LogP contribution in [-0.2, 0) is 11.3 Å². The van der Waals surface area contributed by atoms with Gasteiger partial charge in [0.05, 0.1) is 12.3 Å². The Morgan fingerprint density at radius 1 is 1.35 bits per heavy atom. The molecular weight excluding hydrogens is 308 g/mol. The summed E-state index contributed by atoms with van der Waals surface area (Å²) in [5.74, 6) is 0. The van der Waals surface area contributed by atoms with Crippen LogP contribution >= 0.6 is 11.3 Å². The van der Waals surface area contributed by atoms with E-state index < -0.39 is 0 Å². The second kappa shape index (κ2) is 7.12. The normalized spacial score (nSPS) is 11.6. The summed E-state index contributed by atoms with van der Waals surface area (Å²) in [7, 11) is 2.11. The van der Waals surface area contributed by atoms with Gasteiger partial charge in [-0.05, 0) is 20.0 Å². The van der Waals surface area contributed by atoms with E-state index in [4.69, 9.17) is 15.5 Å². The molecule has 1 aromatic carbocycles. The molecule has 0 aliphatic heterocycles. The molecule has 122 valence electrons. The first kappa shape index (κ1) is 16.0. The number of thiazole rings is 1.